The van der Waals surface area contributed by atoms with Gasteiger partial charge in [0.2, 0.25) is 5.91 Å². The van der Waals surface area contributed by atoms with Gasteiger partial charge in [0.15, 0.2) is 0 Å². The molecule has 0 saturated carbocycles. The Morgan fingerprint density at radius 3 is 2.78 bits per heavy atom. The minimum Gasteiger partial charge on any atom is -0.373 e. The van der Waals surface area contributed by atoms with Crippen molar-refractivity contribution in [1.29, 1.82) is 0 Å². The maximum atomic E-state index is 13.1. The highest BCUT2D eigenvalue weighted by atomic mass is 19.1. The molecular formula is C13H15FN2O2. The Morgan fingerprint density at radius 2 is 2.17 bits per heavy atom. The second-order valence-corrected chi connectivity index (χ2v) is 4.34. The lowest BCUT2D eigenvalue weighted by molar-refractivity contribution is -0.138. The van der Waals surface area contributed by atoms with Crippen LogP contribution < -0.4 is 5.32 Å². The molecule has 0 aromatic heterocycles. The van der Waals surface area contributed by atoms with Crippen molar-refractivity contribution in [2.75, 3.05) is 11.9 Å². The van der Waals surface area contributed by atoms with E-state index in [0.29, 0.717) is 12.2 Å². The van der Waals surface area contributed by atoms with Gasteiger partial charge in [0, 0.05) is 12.2 Å². The molecule has 1 atom stereocenters. The average Bonchev–Trinajstić information content (AvgIpc) is 2.59. The molecule has 1 fully saturated rings. The molecule has 0 bridgehead atoms. The van der Waals surface area contributed by atoms with Crippen LogP contribution in [0.4, 0.5) is 10.1 Å². The summed E-state index contributed by atoms with van der Waals surface area (Å²) in [6.45, 7) is 3.95. The fourth-order valence-corrected chi connectivity index (χ4v) is 2.07. The molecule has 4 nitrogen and oxygen atoms in total. The number of likely N-dealkylation sites (N-methyl/N-ethyl adjacent to an activating group) is 1. The van der Waals surface area contributed by atoms with Crippen molar-refractivity contribution >= 4 is 17.5 Å². The number of rotatable bonds is 3. The molecule has 0 radical (unpaired) electrons. The average molecular weight is 250 g/mol. The maximum absolute atomic E-state index is 13.1. The SMILES string of the molecule is CCN1C(=O)CC(Nc2cc(F)ccc2C)C1=O. The molecule has 1 saturated heterocycles. The molecule has 2 amide bonds. The van der Waals surface area contributed by atoms with Crippen LogP contribution in [0.2, 0.25) is 0 Å². The van der Waals surface area contributed by atoms with E-state index in [0.717, 1.165) is 5.56 Å². The number of carbonyl (C=O) groups is 2. The minimum atomic E-state index is -0.585. The van der Waals surface area contributed by atoms with Crippen LogP contribution in [-0.2, 0) is 9.59 Å². The monoisotopic (exact) mass is 250 g/mol. The fraction of sp³-hybridized carbons (Fsp3) is 0.385. The first-order valence-corrected chi connectivity index (χ1v) is 5.89. The number of halogens is 1. The highest BCUT2D eigenvalue weighted by Crippen LogP contribution is 2.21. The van der Waals surface area contributed by atoms with Crippen LogP contribution in [0.15, 0.2) is 18.2 Å². The normalized spacial score (nSPS) is 19.5. The first-order valence-electron chi connectivity index (χ1n) is 5.89. The van der Waals surface area contributed by atoms with E-state index < -0.39 is 6.04 Å². The van der Waals surface area contributed by atoms with Crippen LogP contribution in [0.1, 0.15) is 18.9 Å². The van der Waals surface area contributed by atoms with Gasteiger partial charge in [-0.2, -0.15) is 0 Å². The van der Waals surface area contributed by atoms with Crippen molar-refractivity contribution in [3.63, 3.8) is 0 Å². The Labute approximate surface area is 105 Å². The Hall–Kier alpha value is -1.91. The van der Waals surface area contributed by atoms with Gasteiger partial charge in [-0.05, 0) is 31.5 Å². The van der Waals surface area contributed by atoms with Crippen LogP contribution in [-0.4, -0.2) is 29.3 Å². The number of nitrogens with zero attached hydrogens (tertiary/aromatic N) is 1. The molecule has 1 aliphatic heterocycles. The Bertz CT molecular complexity index is 502. The Morgan fingerprint density at radius 1 is 1.44 bits per heavy atom. The van der Waals surface area contributed by atoms with Crippen LogP contribution in [0, 0.1) is 12.7 Å². The zero-order chi connectivity index (χ0) is 13.3. The molecule has 96 valence electrons. The number of benzene rings is 1. The summed E-state index contributed by atoms with van der Waals surface area (Å²) in [5, 5.41) is 2.94. The second kappa shape index (κ2) is 4.76. The lowest BCUT2D eigenvalue weighted by Gasteiger charge is -2.15. The van der Waals surface area contributed by atoms with Gasteiger partial charge in [0.25, 0.3) is 5.91 Å². The van der Waals surface area contributed by atoms with Gasteiger partial charge in [-0.3, -0.25) is 14.5 Å². The van der Waals surface area contributed by atoms with Gasteiger partial charge in [-0.25, -0.2) is 4.39 Å². The van der Waals surface area contributed by atoms with Crippen molar-refractivity contribution in [1.82, 2.24) is 4.90 Å². The molecule has 1 N–H and O–H groups in total. The predicted molar refractivity (Wildman–Crippen MR) is 65.6 cm³/mol. The van der Waals surface area contributed by atoms with E-state index in [2.05, 4.69) is 5.32 Å². The number of likely N-dealkylation sites (tertiary alicyclic amines) is 1. The Balaban J connectivity index is 2.18. The van der Waals surface area contributed by atoms with Crippen molar-refractivity contribution in [3.8, 4) is 0 Å². The summed E-state index contributed by atoms with van der Waals surface area (Å²) in [6.07, 6.45) is 0.128. The molecule has 18 heavy (non-hydrogen) atoms. The molecule has 1 heterocycles. The summed E-state index contributed by atoms with van der Waals surface area (Å²) in [4.78, 5) is 24.7. The maximum Gasteiger partial charge on any atom is 0.252 e. The molecule has 1 aliphatic rings. The third kappa shape index (κ3) is 2.20. The number of anilines is 1. The van der Waals surface area contributed by atoms with Crippen LogP contribution in [0.25, 0.3) is 0 Å². The van der Waals surface area contributed by atoms with Crippen LogP contribution in [0.3, 0.4) is 0 Å². The predicted octanol–water partition coefficient (Wildman–Crippen LogP) is 1.69. The third-order valence-corrected chi connectivity index (χ3v) is 3.09. The zero-order valence-electron chi connectivity index (χ0n) is 10.4. The molecule has 0 spiro atoms. The molecular weight excluding hydrogens is 235 g/mol. The number of carbonyl (C=O) groups excluding carboxylic acids is 2. The summed E-state index contributed by atoms with van der Waals surface area (Å²) in [5.41, 5.74) is 1.39. The van der Waals surface area contributed by atoms with Crippen molar-refractivity contribution in [2.45, 2.75) is 26.3 Å². The number of imide groups is 1. The number of hydrogen-bond acceptors (Lipinski definition) is 3. The Kier molecular flexibility index (Phi) is 3.32. The number of aryl methyl sites for hydroxylation is 1. The topological polar surface area (TPSA) is 49.4 Å². The molecule has 1 unspecified atom stereocenters. The van der Waals surface area contributed by atoms with Crippen molar-refractivity contribution in [3.05, 3.63) is 29.6 Å². The van der Waals surface area contributed by atoms with Gasteiger partial charge in [0.1, 0.15) is 11.9 Å². The first kappa shape index (κ1) is 12.5. The summed E-state index contributed by atoms with van der Waals surface area (Å²) in [5.74, 6) is -0.799. The molecule has 1 aromatic carbocycles. The molecule has 2 rings (SSSR count). The number of nitrogens with one attached hydrogen (secondary N) is 1. The standard InChI is InChI=1S/C13H15FN2O2/c1-3-16-12(17)7-11(13(16)18)15-10-6-9(14)5-4-8(10)2/h4-6,11,15H,3,7H2,1-2H3. The summed E-state index contributed by atoms with van der Waals surface area (Å²) < 4.78 is 13.1. The van der Waals surface area contributed by atoms with Gasteiger partial charge >= 0.3 is 0 Å². The molecule has 5 heteroatoms. The van der Waals surface area contributed by atoms with Crippen LogP contribution >= 0.6 is 0 Å². The van der Waals surface area contributed by atoms with Gasteiger partial charge in [0.05, 0.1) is 6.42 Å². The summed E-state index contributed by atoms with van der Waals surface area (Å²) in [7, 11) is 0. The minimum absolute atomic E-state index is 0.128. The fourth-order valence-electron chi connectivity index (χ4n) is 2.07. The quantitative estimate of drug-likeness (QED) is 0.830. The molecule has 0 aliphatic carbocycles. The highest BCUT2D eigenvalue weighted by Gasteiger charge is 2.37. The first-order chi connectivity index (χ1) is 8.52. The smallest absolute Gasteiger partial charge is 0.252 e. The number of hydrogen-bond donors (Lipinski definition) is 1. The van der Waals surface area contributed by atoms with E-state index in [4.69, 9.17) is 0 Å². The molecule has 1 aromatic rings. The van der Waals surface area contributed by atoms with E-state index >= 15 is 0 Å². The lowest BCUT2D eigenvalue weighted by atomic mass is 10.1. The van der Waals surface area contributed by atoms with Crippen molar-refractivity contribution < 1.29 is 14.0 Å². The van der Waals surface area contributed by atoms with E-state index in [1.54, 1.807) is 13.0 Å². The summed E-state index contributed by atoms with van der Waals surface area (Å²) in [6, 6.07) is 3.75. The third-order valence-electron chi connectivity index (χ3n) is 3.09. The summed E-state index contributed by atoms with van der Waals surface area (Å²) >= 11 is 0. The van der Waals surface area contributed by atoms with Gasteiger partial charge < -0.3 is 5.32 Å². The second-order valence-electron chi connectivity index (χ2n) is 4.34. The van der Waals surface area contributed by atoms with E-state index in [-0.39, 0.29) is 24.1 Å². The lowest BCUT2D eigenvalue weighted by Crippen LogP contribution is -2.34. The number of amides is 2. The van der Waals surface area contributed by atoms with Gasteiger partial charge in [-0.1, -0.05) is 6.07 Å². The van der Waals surface area contributed by atoms with E-state index in [1.807, 2.05) is 6.92 Å². The van der Waals surface area contributed by atoms with Gasteiger partial charge in [-0.15, -0.1) is 0 Å². The largest absolute Gasteiger partial charge is 0.373 e. The van der Waals surface area contributed by atoms with E-state index in [9.17, 15) is 14.0 Å². The van der Waals surface area contributed by atoms with Crippen LogP contribution in [0.5, 0.6) is 0 Å². The highest BCUT2D eigenvalue weighted by molar-refractivity contribution is 6.06. The zero-order valence-corrected chi connectivity index (χ0v) is 10.4. The van der Waals surface area contributed by atoms with E-state index in [1.165, 1.54) is 17.0 Å². The van der Waals surface area contributed by atoms with Crippen molar-refractivity contribution in [2.24, 2.45) is 0 Å².